The summed E-state index contributed by atoms with van der Waals surface area (Å²) in [6.07, 6.45) is -0.0536. The van der Waals surface area contributed by atoms with Crippen LogP contribution in [0.15, 0.2) is 94.6 Å². The minimum atomic E-state index is -0.0536. The van der Waals surface area contributed by atoms with E-state index in [4.69, 9.17) is 18.9 Å². The van der Waals surface area contributed by atoms with Crippen molar-refractivity contribution in [3.63, 3.8) is 0 Å². The van der Waals surface area contributed by atoms with E-state index in [9.17, 15) is 0 Å². The number of aromatic nitrogens is 1. The zero-order valence-electron chi connectivity index (χ0n) is 15.7. The third-order valence-electron chi connectivity index (χ3n) is 4.65. The van der Waals surface area contributed by atoms with Gasteiger partial charge in [-0.1, -0.05) is 84.6 Å². The first-order chi connectivity index (χ1) is 14.4. The lowest BCUT2D eigenvalue weighted by atomic mass is 10.1. The number of fused-ring (bicyclic) bond motifs is 1. The molecule has 0 fully saturated rings. The molecule has 5 rings (SSSR count). The fourth-order valence-electron chi connectivity index (χ4n) is 3.25. The molecule has 0 spiro atoms. The van der Waals surface area contributed by atoms with Crippen molar-refractivity contribution in [2.75, 3.05) is 12.4 Å². The van der Waals surface area contributed by atoms with Crippen molar-refractivity contribution < 1.29 is 13.9 Å². The minimum Gasteiger partial charge on any atom is -0.486 e. The van der Waals surface area contributed by atoms with E-state index in [1.54, 1.807) is 11.8 Å². The van der Waals surface area contributed by atoms with E-state index in [0.717, 1.165) is 34.1 Å². The van der Waals surface area contributed by atoms with Crippen molar-refractivity contribution in [3.05, 3.63) is 84.9 Å². The van der Waals surface area contributed by atoms with E-state index in [1.165, 1.54) is 0 Å². The lowest BCUT2D eigenvalue weighted by Gasteiger charge is -2.25. The van der Waals surface area contributed by atoms with Crippen LogP contribution in [0.25, 0.3) is 22.6 Å². The number of nitrogens with zero attached hydrogens (tertiary/aromatic N) is 1. The lowest BCUT2D eigenvalue weighted by Crippen LogP contribution is -2.31. The van der Waals surface area contributed by atoms with Crippen LogP contribution in [0, 0.1) is 0 Å². The van der Waals surface area contributed by atoms with Gasteiger partial charge in [-0.2, -0.15) is 0 Å². The van der Waals surface area contributed by atoms with E-state index in [1.807, 2.05) is 84.9 Å². The van der Waals surface area contributed by atoms with Crippen LogP contribution < -0.4 is 9.47 Å². The standard InChI is InChI=1S/C24H19NO3S/c1-3-9-17(10-4-1)22-23(18-11-5-2-6-12-18)28-24(25-22)29-16-19-15-26-20-13-7-8-14-21(20)27-19/h1-14,19H,15-16H2/t19-/m1/s1. The maximum absolute atomic E-state index is 6.17. The van der Waals surface area contributed by atoms with Crippen LogP contribution in [-0.2, 0) is 0 Å². The Kier molecular flexibility index (Phi) is 4.97. The summed E-state index contributed by atoms with van der Waals surface area (Å²) in [6.45, 7) is 0.516. The Balaban J connectivity index is 1.38. The molecule has 1 atom stereocenters. The van der Waals surface area contributed by atoms with Gasteiger partial charge in [0.1, 0.15) is 18.4 Å². The molecule has 0 N–H and O–H groups in total. The molecule has 1 aromatic heterocycles. The molecule has 0 radical (unpaired) electrons. The van der Waals surface area contributed by atoms with Crippen molar-refractivity contribution in [1.29, 1.82) is 0 Å². The van der Waals surface area contributed by atoms with Crippen LogP contribution >= 0.6 is 11.8 Å². The number of ether oxygens (including phenoxy) is 2. The van der Waals surface area contributed by atoms with Gasteiger partial charge in [-0.25, -0.2) is 4.98 Å². The number of oxazole rings is 1. The van der Waals surface area contributed by atoms with Crippen molar-refractivity contribution in [2.24, 2.45) is 0 Å². The Labute approximate surface area is 173 Å². The Morgan fingerprint density at radius 2 is 1.45 bits per heavy atom. The molecular weight excluding hydrogens is 382 g/mol. The third-order valence-corrected chi connectivity index (χ3v) is 5.61. The second-order valence-corrected chi connectivity index (χ2v) is 7.67. The second kappa shape index (κ2) is 8.05. The smallest absolute Gasteiger partial charge is 0.256 e. The van der Waals surface area contributed by atoms with Gasteiger partial charge in [0.25, 0.3) is 5.22 Å². The maximum atomic E-state index is 6.17. The molecule has 0 unspecified atom stereocenters. The minimum absolute atomic E-state index is 0.0536. The summed E-state index contributed by atoms with van der Waals surface area (Å²) in [4.78, 5) is 4.79. The van der Waals surface area contributed by atoms with Crippen LogP contribution in [0.4, 0.5) is 0 Å². The maximum Gasteiger partial charge on any atom is 0.256 e. The van der Waals surface area contributed by atoms with Gasteiger partial charge < -0.3 is 13.9 Å². The molecule has 0 amide bonds. The fourth-order valence-corrected chi connectivity index (χ4v) is 4.04. The first-order valence-electron chi connectivity index (χ1n) is 9.50. The van der Waals surface area contributed by atoms with Crippen molar-refractivity contribution in [3.8, 4) is 34.1 Å². The van der Waals surface area contributed by atoms with Gasteiger partial charge in [0.05, 0.1) is 0 Å². The van der Waals surface area contributed by atoms with Gasteiger partial charge in [-0.15, -0.1) is 0 Å². The normalized spacial score (nSPS) is 15.2. The monoisotopic (exact) mass is 401 g/mol. The molecule has 29 heavy (non-hydrogen) atoms. The molecule has 0 saturated heterocycles. The molecule has 4 nitrogen and oxygen atoms in total. The predicted molar refractivity (Wildman–Crippen MR) is 114 cm³/mol. The summed E-state index contributed by atoms with van der Waals surface area (Å²) < 4.78 is 18.0. The summed E-state index contributed by atoms with van der Waals surface area (Å²) in [5.41, 5.74) is 2.90. The zero-order valence-corrected chi connectivity index (χ0v) is 16.5. The molecule has 4 aromatic rings. The summed E-state index contributed by atoms with van der Waals surface area (Å²) in [5.74, 6) is 3.05. The number of benzene rings is 3. The summed E-state index contributed by atoms with van der Waals surface area (Å²) in [6, 6.07) is 27.9. The predicted octanol–water partition coefficient (Wildman–Crippen LogP) is 5.94. The topological polar surface area (TPSA) is 44.5 Å². The number of para-hydroxylation sites is 2. The van der Waals surface area contributed by atoms with Gasteiger partial charge in [-0.05, 0) is 12.1 Å². The average Bonchev–Trinajstić information content (AvgIpc) is 3.23. The van der Waals surface area contributed by atoms with Crippen LogP contribution in [0.3, 0.4) is 0 Å². The highest BCUT2D eigenvalue weighted by Gasteiger charge is 2.23. The Morgan fingerprint density at radius 3 is 2.21 bits per heavy atom. The van der Waals surface area contributed by atoms with E-state index in [-0.39, 0.29) is 6.10 Å². The zero-order chi connectivity index (χ0) is 19.5. The van der Waals surface area contributed by atoms with Crippen molar-refractivity contribution in [2.45, 2.75) is 11.3 Å². The summed E-state index contributed by atoms with van der Waals surface area (Å²) >= 11 is 1.54. The fraction of sp³-hybridized carbons (Fsp3) is 0.125. The SMILES string of the molecule is c1ccc(-c2nc(SC[C@H]3COc4ccccc4O3)oc2-c2ccccc2)cc1. The molecule has 5 heteroatoms. The number of rotatable bonds is 5. The van der Waals surface area contributed by atoms with E-state index in [2.05, 4.69) is 0 Å². The number of thioether (sulfide) groups is 1. The van der Waals surface area contributed by atoms with Gasteiger partial charge >= 0.3 is 0 Å². The molecule has 3 aromatic carbocycles. The largest absolute Gasteiger partial charge is 0.486 e. The quantitative estimate of drug-likeness (QED) is 0.387. The van der Waals surface area contributed by atoms with Gasteiger partial charge in [0, 0.05) is 16.9 Å². The Bertz CT molecular complexity index is 1040. The molecule has 1 aliphatic rings. The molecule has 0 saturated carbocycles. The van der Waals surface area contributed by atoms with Gasteiger partial charge in [0.2, 0.25) is 0 Å². The second-order valence-electron chi connectivity index (χ2n) is 6.70. The van der Waals surface area contributed by atoms with Crippen LogP contribution in [0.2, 0.25) is 0 Å². The molecule has 144 valence electrons. The third kappa shape index (κ3) is 3.87. The van der Waals surface area contributed by atoms with Gasteiger partial charge in [0.15, 0.2) is 17.3 Å². The van der Waals surface area contributed by atoms with Crippen LogP contribution in [0.1, 0.15) is 0 Å². The molecule has 0 aliphatic carbocycles. The number of hydrogen-bond acceptors (Lipinski definition) is 5. The highest BCUT2D eigenvalue weighted by molar-refractivity contribution is 7.99. The Morgan fingerprint density at radius 1 is 0.793 bits per heavy atom. The summed E-state index contributed by atoms with van der Waals surface area (Å²) in [7, 11) is 0. The molecule has 2 heterocycles. The van der Waals surface area contributed by atoms with E-state index < -0.39 is 0 Å². The summed E-state index contributed by atoms with van der Waals surface area (Å²) in [5, 5.41) is 0.630. The Hall–Kier alpha value is -3.18. The highest BCUT2D eigenvalue weighted by Crippen LogP contribution is 2.37. The van der Waals surface area contributed by atoms with Crippen LogP contribution in [0.5, 0.6) is 11.5 Å². The van der Waals surface area contributed by atoms with E-state index in [0.29, 0.717) is 17.6 Å². The van der Waals surface area contributed by atoms with Crippen molar-refractivity contribution >= 4 is 11.8 Å². The molecular formula is C24H19NO3S. The van der Waals surface area contributed by atoms with Crippen molar-refractivity contribution in [1.82, 2.24) is 4.98 Å². The number of hydrogen-bond donors (Lipinski definition) is 0. The first kappa shape index (κ1) is 17.9. The molecule has 0 bridgehead atoms. The highest BCUT2D eigenvalue weighted by atomic mass is 32.2. The van der Waals surface area contributed by atoms with E-state index >= 15 is 0 Å². The van der Waals surface area contributed by atoms with Crippen LogP contribution in [-0.4, -0.2) is 23.4 Å². The average molecular weight is 401 g/mol. The molecule has 1 aliphatic heterocycles. The lowest BCUT2D eigenvalue weighted by molar-refractivity contribution is 0.107. The van der Waals surface area contributed by atoms with Gasteiger partial charge in [-0.3, -0.25) is 0 Å². The first-order valence-corrected chi connectivity index (χ1v) is 10.5.